The van der Waals surface area contributed by atoms with Gasteiger partial charge in [0.05, 0.1) is 59.9 Å². The SMILES string of the molecule is CC1=C(CC(=O)Nc2nnc(CCCCc3nnc(CC(=O)Cc4c(C)[nH]c5ccccc45)s3)s2)c2ccccc2C1.CCc1ccc(CC(=O)Cc2nnc(CCCCc3nnc(NC(=O)Cc4ccc(OC)cc4OC)s3)s2)c(OC)c1.O=C(Cc1nnc(CCCCc2nnc(NC(=O)CC3=CCc4ccccc43)s2)s1)Cc1c[nH]c2ccccc12. The van der Waals surface area contributed by atoms with Gasteiger partial charge in [0.1, 0.15) is 79.7 Å². The second kappa shape index (κ2) is 43.4. The molecule has 8 aromatic heterocycles. The molecule has 6 aromatic carbocycles. The van der Waals surface area contributed by atoms with Crippen LogP contribution < -0.4 is 30.2 Å². The van der Waals surface area contributed by atoms with E-state index in [2.05, 4.69) is 137 Å². The Morgan fingerprint density at radius 3 is 1.40 bits per heavy atom. The number of anilines is 3. The molecule has 0 atom stereocenters. The topological polar surface area (TPSA) is 352 Å². The van der Waals surface area contributed by atoms with Crippen molar-refractivity contribution >= 4 is 151 Å². The summed E-state index contributed by atoms with van der Waals surface area (Å²) in [5, 5.41) is 70.9. The molecular weight excluding hydrogens is 1680 g/mol. The Kier molecular flexibility index (Phi) is 30.9. The minimum Gasteiger partial charge on any atom is -0.497 e. The number of H-pyrrole nitrogens is 2. The van der Waals surface area contributed by atoms with Gasteiger partial charge < -0.3 is 40.1 Å². The smallest absolute Gasteiger partial charge is 0.230 e. The molecule has 16 rings (SSSR count). The molecule has 0 radical (unpaired) electrons. The van der Waals surface area contributed by atoms with Crippen molar-refractivity contribution in [3.63, 3.8) is 0 Å². The number of methoxy groups -OCH3 is 3. The first-order chi connectivity index (χ1) is 60.4. The van der Waals surface area contributed by atoms with Crippen LogP contribution in [0.4, 0.5) is 15.4 Å². The quantitative estimate of drug-likeness (QED) is 0.0223. The number of hydrogen-bond acceptors (Lipinski definition) is 27. The zero-order chi connectivity index (χ0) is 86.3. The van der Waals surface area contributed by atoms with Crippen molar-refractivity contribution in [2.45, 2.75) is 175 Å². The fourth-order valence-electron chi connectivity index (χ4n) is 14.9. The van der Waals surface area contributed by atoms with E-state index in [0.717, 1.165) is 214 Å². The summed E-state index contributed by atoms with van der Waals surface area (Å²) in [6.07, 6.45) is 19.8. The fraction of sp³-hybridized carbons (Fsp3) is 0.326. The molecule has 2 aliphatic carbocycles. The lowest BCUT2D eigenvalue weighted by molar-refractivity contribution is -0.118. The lowest BCUT2D eigenvalue weighted by atomic mass is 10.0. The van der Waals surface area contributed by atoms with Crippen LogP contribution in [0.1, 0.15) is 166 Å². The number of aryl methyl sites for hydroxylation is 8. The molecule has 0 aliphatic heterocycles. The van der Waals surface area contributed by atoms with Gasteiger partial charge in [0.25, 0.3) is 0 Å². The molecule has 0 saturated heterocycles. The van der Waals surface area contributed by atoms with E-state index in [1.54, 1.807) is 33.5 Å². The predicted octanol–water partition coefficient (Wildman–Crippen LogP) is 17.3. The molecule has 0 unspecified atom stereocenters. The van der Waals surface area contributed by atoms with E-state index in [4.69, 9.17) is 14.2 Å². The molecule has 5 N–H and O–H groups in total. The van der Waals surface area contributed by atoms with Crippen molar-refractivity contribution in [3.8, 4) is 17.2 Å². The number of aromatic amines is 2. The number of ketones is 3. The molecule has 26 nitrogen and oxygen atoms in total. The maximum Gasteiger partial charge on any atom is 0.230 e. The molecular formula is C92H95N17O9S6. The van der Waals surface area contributed by atoms with Crippen LogP contribution in [-0.2, 0) is 132 Å². The number of rotatable bonds is 40. The highest BCUT2D eigenvalue weighted by Crippen LogP contribution is 2.37. The van der Waals surface area contributed by atoms with E-state index in [9.17, 15) is 28.8 Å². The summed E-state index contributed by atoms with van der Waals surface area (Å²) in [7, 11) is 4.77. The highest BCUT2D eigenvalue weighted by atomic mass is 32.1. The van der Waals surface area contributed by atoms with Gasteiger partial charge in [-0.25, -0.2) is 0 Å². The number of hydrogen-bond donors (Lipinski definition) is 5. The van der Waals surface area contributed by atoms with Crippen LogP contribution in [0.25, 0.3) is 33.0 Å². The van der Waals surface area contributed by atoms with E-state index >= 15 is 0 Å². The number of unbranched alkanes of at least 4 members (excludes halogenated alkanes) is 3. The van der Waals surface area contributed by atoms with E-state index in [0.29, 0.717) is 71.8 Å². The van der Waals surface area contributed by atoms with E-state index < -0.39 is 0 Å². The standard InChI is InChI=1S/C32H32N6O2S2.C30H28N6O2S2.C30H35N5O5S2/c1-19-15-21-9-3-4-10-23(21)25(19)18-28(40)34-32-38-36-30(42-32)14-8-7-13-29-35-37-31(41-29)17-22(39)16-26-20(2)33-27-12-6-5-11-24(26)27;37-22(15-21-18-31-25-10-4-3-9-24(21)25)17-29-35-33-27(39-29)11-5-6-12-28-34-36-30(40-28)32-26(38)16-20-14-13-19-7-1-2-8-23(19)20;1-5-19-10-11-20(24(14-19)39-3)15-22(36)17-29-34-32-27(41-29)8-6-7-9-28-33-35-30(42-28)31-26(37)16-21-12-13-23(38-2)18-25(21)40-4/h3-6,9-12,33H,7-8,13-18H2,1-2H3,(H,34,38,40);1-4,7-10,14,18,31H,5-6,11-13,15-17H2,(H,32,36,38);10-14,18H,5-9,15-17H2,1-4H3,(H,31,35,37). The molecule has 32 heteroatoms. The molecule has 0 saturated carbocycles. The van der Waals surface area contributed by atoms with Crippen LogP contribution in [0.5, 0.6) is 17.2 Å². The molecule has 124 heavy (non-hydrogen) atoms. The second-order valence-corrected chi connectivity index (χ2v) is 36.9. The Labute approximate surface area is 741 Å². The minimum atomic E-state index is -0.194. The van der Waals surface area contributed by atoms with Gasteiger partial charge in [0, 0.05) is 109 Å². The van der Waals surface area contributed by atoms with Crippen molar-refractivity contribution < 1.29 is 43.0 Å². The van der Waals surface area contributed by atoms with Crippen molar-refractivity contribution in [2.24, 2.45) is 0 Å². The number of aromatic nitrogens is 14. The Morgan fingerprint density at radius 1 is 0.403 bits per heavy atom. The zero-order valence-corrected chi connectivity index (χ0v) is 74.7. The number of carbonyl (C=O) groups excluding carboxylic acids is 6. The zero-order valence-electron chi connectivity index (χ0n) is 69.8. The number of nitrogens with one attached hydrogen (secondary N) is 5. The number of para-hydroxylation sites is 2. The van der Waals surface area contributed by atoms with E-state index in [-0.39, 0.29) is 47.9 Å². The average molecular weight is 1780 g/mol. The predicted molar refractivity (Wildman–Crippen MR) is 490 cm³/mol. The Balaban J connectivity index is 0.000000151. The van der Waals surface area contributed by atoms with Crippen LogP contribution in [0, 0.1) is 6.92 Å². The maximum absolute atomic E-state index is 12.8. The third-order valence-electron chi connectivity index (χ3n) is 21.2. The molecule has 638 valence electrons. The van der Waals surface area contributed by atoms with Crippen molar-refractivity contribution in [3.05, 3.63) is 252 Å². The number of nitrogens with zero attached hydrogens (tertiary/aromatic N) is 12. The normalized spacial score (nSPS) is 12.0. The summed E-state index contributed by atoms with van der Waals surface area (Å²) in [6.45, 7) is 6.20. The minimum absolute atomic E-state index is 0.0640. The Morgan fingerprint density at radius 2 is 0.847 bits per heavy atom. The van der Waals surface area contributed by atoms with Crippen molar-refractivity contribution in [1.82, 2.24) is 71.2 Å². The van der Waals surface area contributed by atoms with Crippen molar-refractivity contribution in [2.75, 3.05) is 37.3 Å². The largest absolute Gasteiger partial charge is 0.497 e. The second-order valence-electron chi connectivity index (χ2n) is 30.2. The summed E-state index contributed by atoms with van der Waals surface area (Å²) in [4.78, 5) is 82.5. The summed E-state index contributed by atoms with van der Waals surface area (Å²) in [5.74, 6) is 2.04. The molecule has 8 heterocycles. The van der Waals surface area contributed by atoms with Gasteiger partial charge in [-0.1, -0.05) is 156 Å². The van der Waals surface area contributed by atoms with Crippen LogP contribution in [0.2, 0.25) is 0 Å². The van der Waals surface area contributed by atoms with E-state index in [1.165, 1.54) is 95.8 Å². The summed E-state index contributed by atoms with van der Waals surface area (Å²) < 4.78 is 16.1. The third-order valence-corrected chi connectivity index (χ3v) is 26.8. The van der Waals surface area contributed by atoms with Crippen LogP contribution in [0.3, 0.4) is 0 Å². The number of ether oxygens (including phenoxy) is 3. The fourth-order valence-corrected chi connectivity index (χ4v) is 20.1. The molecule has 14 aromatic rings. The van der Waals surface area contributed by atoms with Crippen LogP contribution in [0.15, 0.2) is 151 Å². The Bertz CT molecular complexity index is 6050. The number of fused-ring (bicyclic) bond motifs is 4. The van der Waals surface area contributed by atoms with E-state index in [1.807, 2.05) is 104 Å². The van der Waals surface area contributed by atoms with Gasteiger partial charge in [0.15, 0.2) is 0 Å². The molecule has 0 fully saturated rings. The first kappa shape index (κ1) is 88.4. The first-order valence-corrected chi connectivity index (χ1v) is 46.2. The third kappa shape index (κ3) is 24.5. The highest BCUT2D eigenvalue weighted by molar-refractivity contribution is 7.16. The number of amides is 3. The van der Waals surface area contributed by atoms with Gasteiger partial charge in [-0.3, -0.25) is 28.8 Å². The molecule has 0 bridgehead atoms. The van der Waals surface area contributed by atoms with Gasteiger partial charge in [-0.15, -0.1) is 95.2 Å². The van der Waals surface area contributed by atoms with Gasteiger partial charge in [0.2, 0.25) is 33.1 Å². The summed E-state index contributed by atoms with van der Waals surface area (Å²) in [5.41, 5.74) is 16.4. The first-order valence-electron chi connectivity index (χ1n) is 41.3. The van der Waals surface area contributed by atoms with Gasteiger partial charge in [-0.05, 0) is 146 Å². The lowest BCUT2D eigenvalue weighted by Crippen LogP contribution is -2.14. The Hall–Kier alpha value is -11.9. The summed E-state index contributed by atoms with van der Waals surface area (Å²) in [6, 6.07) is 43.9. The number of carbonyl (C=O) groups is 6. The lowest BCUT2D eigenvalue weighted by Gasteiger charge is -2.09. The highest BCUT2D eigenvalue weighted by Gasteiger charge is 2.25. The monoisotopic (exact) mass is 1770 g/mol. The molecule has 3 amide bonds. The maximum atomic E-state index is 12.8. The molecule has 2 aliphatic rings. The van der Waals surface area contributed by atoms with Crippen molar-refractivity contribution in [1.29, 1.82) is 0 Å². The number of allylic oxidation sites excluding steroid dienone is 2. The summed E-state index contributed by atoms with van der Waals surface area (Å²) >= 11 is 8.75. The molecule has 0 spiro atoms. The number of Topliss-reactive ketones (excluding diaryl/α,β-unsaturated/α-hetero) is 3. The van der Waals surface area contributed by atoms with Crippen LogP contribution >= 0.6 is 68.0 Å². The van der Waals surface area contributed by atoms with Gasteiger partial charge >= 0.3 is 0 Å². The van der Waals surface area contributed by atoms with Gasteiger partial charge in [-0.2, -0.15) is 0 Å². The number of benzene rings is 6. The average Bonchev–Trinajstić information content (AvgIpc) is 1.67. The van der Waals surface area contributed by atoms with Crippen LogP contribution in [-0.4, -0.2) is 128 Å².